The first-order chi connectivity index (χ1) is 14.6. The summed E-state index contributed by atoms with van der Waals surface area (Å²) in [7, 11) is 0. The van der Waals surface area contributed by atoms with E-state index in [1.165, 1.54) is 11.6 Å². The number of hydrogen-bond acceptors (Lipinski definition) is 1. The largest absolute Gasteiger partial charge is 0.352 e. The van der Waals surface area contributed by atoms with Crippen LogP contribution in [0, 0.1) is 12.7 Å². The van der Waals surface area contributed by atoms with E-state index in [4.69, 9.17) is 0 Å². The molecule has 0 atom stereocenters. The molecule has 4 heteroatoms. The number of aromatic nitrogens is 1. The highest BCUT2D eigenvalue weighted by atomic mass is 19.1. The van der Waals surface area contributed by atoms with E-state index < -0.39 is 0 Å². The van der Waals surface area contributed by atoms with E-state index in [0.717, 1.165) is 17.7 Å². The van der Waals surface area contributed by atoms with Crippen molar-refractivity contribution < 1.29 is 9.18 Å². The number of rotatable bonds is 6. The van der Waals surface area contributed by atoms with Gasteiger partial charge in [0, 0.05) is 12.2 Å². The molecule has 3 nitrogen and oxygen atoms in total. The fourth-order valence-electron chi connectivity index (χ4n) is 3.66. The number of benzene rings is 3. The van der Waals surface area contributed by atoms with Crippen LogP contribution >= 0.6 is 0 Å². The summed E-state index contributed by atoms with van der Waals surface area (Å²) in [6, 6.07) is 28.2. The van der Waals surface area contributed by atoms with Gasteiger partial charge in [-0.2, -0.15) is 0 Å². The van der Waals surface area contributed by atoms with Crippen LogP contribution in [0.4, 0.5) is 4.39 Å². The molecule has 4 aromatic rings. The van der Waals surface area contributed by atoms with Crippen molar-refractivity contribution in [2.75, 3.05) is 6.54 Å². The third-order valence-corrected chi connectivity index (χ3v) is 5.20. The van der Waals surface area contributed by atoms with E-state index in [9.17, 15) is 9.18 Å². The number of nitrogens with one attached hydrogen (secondary N) is 1. The van der Waals surface area contributed by atoms with E-state index >= 15 is 0 Å². The second-order valence-electron chi connectivity index (χ2n) is 7.17. The molecule has 0 saturated carbocycles. The maximum atomic E-state index is 14.6. The molecule has 1 N–H and O–H groups in total. The molecule has 150 valence electrons. The summed E-state index contributed by atoms with van der Waals surface area (Å²) >= 11 is 0. The Hall–Kier alpha value is -3.66. The van der Waals surface area contributed by atoms with Gasteiger partial charge in [0.25, 0.3) is 5.91 Å². The van der Waals surface area contributed by atoms with Crippen molar-refractivity contribution in [1.29, 1.82) is 0 Å². The van der Waals surface area contributed by atoms with Crippen molar-refractivity contribution in [2.24, 2.45) is 0 Å². The molecule has 0 bridgehead atoms. The zero-order valence-corrected chi connectivity index (χ0v) is 16.8. The number of para-hydroxylation sites is 1. The van der Waals surface area contributed by atoms with Crippen molar-refractivity contribution in [1.82, 2.24) is 9.88 Å². The van der Waals surface area contributed by atoms with Crippen LogP contribution < -0.4 is 5.32 Å². The minimum Gasteiger partial charge on any atom is -0.352 e. The molecule has 4 rings (SSSR count). The third-order valence-electron chi connectivity index (χ3n) is 5.20. The molecule has 1 heterocycles. The highest BCUT2D eigenvalue weighted by Gasteiger charge is 2.20. The monoisotopic (exact) mass is 398 g/mol. The molecule has 3 aromatic carbocycles. The summed E-state index contributed by atoms with van der Waals surface area (Å²) in [5, 5.41) is 3.00. The van der Waals surface area contributed by atoms with E-state index in [1.807, 2.05) is 78.2 Å². The van der Waals surface area contributed by atoms with Crippen LogP contribution in [-0.4, -0.2) is 17.0 Å². The number of carbonyl (C=O) groups excluding carboxylic acids is 1. The molecular formula is C26H23FN2O. The summed E-state index contributed by atoms with van der Waals surface area (Å²) in [5.74, 6) is -0.486. The van der Waals surface area contributed by atoms with Gasteiger partial charge in [0.2, 0.25) is 0 Å². The van der Waals surface area contributed by atoms with Crippen LogP contribution in [0.2, 0.25) is 0 Å². The molecule has 0 spiro atoms. The second-order valence-corrected chi connectivity index (χ2v) is 7.17. The van der Waals surface area contributed by atoms with Gasteiger partial charge in [-0.1, -0.05) is 72.8 Å². The van der Waals surface area contributed by atoms with Crippen molar-refractivity contribution in [3.63, 3.8) is 0 Å². The molecule has 1 aromatic heterocycles. The molecule has 0 aliphatic rings. The Morgan fingerprint density at radius 1 is 0.900 bits per heavy atom. The lowest BCUT2D eigenvalue weighted by atomic mass is 10.1. The summed E-state index contributed by atoms with van der Waals surface area (Å²) < 4.78 is 16.4. The average molecular weight is 398 g/mol. The Morgan fingerprint density at radius 3 is 2.23 bits per heavy atom. The van der Waals surface area contributed by atoms with Crippen molar-refractivity contribution in [3.05, 3.63) is 114 Å². The lowest BCUT2D eigenvalue weighted by Crippen LogP contribution is -2.26. The number of hydrogen-bond donors (Lipinski definition) is 1. The first-order valence-electron chi connectivity index (χ1n) is 10.00. The summed E-state index contributed by atoms with van der Waals surface area (Å²) in [6.07, 6.45) is 0.755. The predicted molar refractivity (Wildman–Crippen MR) is 118 cm³/mol. The molecule has 0 saturated heterocycles. The van der Waals surface area contributed by atoms with Crippen LogP contribution in [0.15, 0.2) is 91.0 Å². The van der Waals surface area contributed by atoms with Gasteiger partial charge in [-0.25, -0.2) is 4.39 Å². The number of halogens is 1. The Kier molecular flexibility index (Phi) is 5.75. The summed E-state index contributed by atoms with van der Waals surface area (Å²) in [6.45, 7) is 2.39. The van der Waals surface area contributed by atoms with E-state index in [-0.39, 0.29) is 11.7 Å². The number of carbonyl (C=O) groups is 1. The second kappa shape index (κ2) is 8.78. The molecule has 0 aliphatic heterocycles. The summed E-state index contributed by atoms with van der Waals surface area (Å²) in [5.41, 5.74) is 4.56. The zero-order chi connectivity index (χ0) is 20.9. The van der Waals surface area contributed by atoms with E-state index in [1.54, 1.807) is 18.2 Å². The van der Waals surface area contributed by atoms with Gasteiger partial charge in [-0.05, 0) is 42.7 Å². The third kappa shape index (κ3) is 4.03. The molecule has 0 fully saturated rings. The average Bonchev–Trinajstić information content (AvgIpc) is 3.12. The van der Waals surface area contributed by atoms with Crippen LogP contribution in [-0.2, 0) is 6.42 Å². The SMILES string of the molecule is Cc1c(C(=O)NCCc2ccccc2)cc(-c2ccccc2)n1-c1ccccc1F. The maximum Gasteiger partial charge on any atom is 0.253 e. The molecule has 1 amide bonds. The Bertz CT molecular complexity index is 1150. The normalized spacial score (nSPS) is 10.7. The van der Waals surface area contributed by atoms with Gasteiger partial charge >= 0.3 is 0 Å². The topological polar surface area (TPSA) is 34.0 Å². The van der Waals surface area contributed by atoms with Gasteiger partial charge in [0.15, 0.2) is 0 Å². The maximum absolute atomic E-state index is 14.6. The Morgan fingerprint density at radius 2 is 1.53 bits per heavy atom. The molecular weight excluding hydrogens is 375 g/mol. The van der Waals surface area contributed by atoms with Crippen LogP contribution in [0.1, 0.15) is 21.6 Å². The van der Waals surface area contributed by atoms with Crippen LogP contribution in [0.5, 0.6) is 0 Å². The fourth-order valence-corrected chi connectivity index (χ4v) is 3.66. The molecule has 0 unspecified atom stereocenters. The van der Waals surface area contributed by atoms with E-state index in [0.29, 0.717) is 23.5 Å². The number of nitrogens with zero attached hydrogens (tertiary/aromatic N) is 1. The zero-order valence-electron chi connectivity index (χ0n) is 16.8. The highest BCUT2D eigenvalue weighted by Crippen LogP contribution is 2.30. The standard InChI is InChI=1S/C26H23FN2O/c1-19-22(26(30)28-17-16-20-10-4-2-5-11-20)18-25(21-12-6-3-7-13-21)29(19)24-15-9-8-14-23(24)27/h2-15,18H,16-17H2,1H3,(H,28,30). The van der Waals surface area contributed by atoms with E-state index in [2.05, 4.69) is 5.32 Å². The predicted octanol–water partition coefficient (Wildman–Crippen LogP) is 5.56. The minimum atomic E-state index is -0.329. The van der Waals surface area contributed by atoms with Gasteiger partial charge in [-0.3, -0.25) is 4.79 Å². The highest BCUT2D eigenvalue weighted by molar-refractivity contribution is 5.97. The lowest BCUT2D eigenvalue weighted by molar-refractivity contribution is 0.0953. The first kappa shape index (κ1) is 19.6. The first-order valence-corrected chi connectivity index (χ1v) is 10.00. The van der Waals surface area contributed by atoms with Gasteiger partial charge < -0.3 is 9.88 Å². The van der Waals surface area contributed by atoms with Crippen molar-refractivity contribution in [3.8, 4) is 16.9 Å². The quantitative estimate of drug-likeness (QED) is 0.453. The number of amides is 1. The van der Waals surface area contributed by atoms with Crippen LogP contribution in [0.3, 0.4) is 0 Å². The fraction of sp³-hybridized carbons (Fsp3) is 0.115. The van der Waals surface area contributed by atoms with Gasteiger partial charge in [0.1, 0.15) is 5.82 Å². The Labute approximate surface area is 175 Å². The molecule has 0 radical (unpaired) electrons. The van der Waals surface area contributed by atoms with Crippen molar-refractivity contribution >= 4 is 5.91 Å². The van der Waals surface area contributed by atoms with Crippen LogP contribution in [0.25, 0.3) is 16.9 Å². The summed E-state index contributed by atoms with van der Waals surface area (Å²) in [4.78, 5) is 13.0. The minimum absolute atomic E-state index is 0.157. The Balaban J connectivity index is 1.67. The van der Waals surface area contributed by atoms with Gasteiger partial charge in [0.05, 0.1) is 16.9 Å². The molecule has 30 heavy (non-hydrogen) atoms. The lowest BCUT2D eigenvalue weighted by Gasteiger charge is -2.13. The smallest absolute Gasteiger partial charge is 0.253 e. The van der Waals surface area contributed by atoms with Gasteiger partial charge in [-0.15, -0.1) is 0 Å². The van der Waals surface area contributed by atoms with Crippen molar-refractivity contribution in [2.45, 2.75) is 13.3 Å². The molecule has 0 aliphatic carbocycles.